The predicted octanol–water partition coefficient (Wildman–Crippen LogP) is 3.37. The SMILES string of the molecule is CCN(CC)S(=O)(=O)c1ccc(NC(=S)NC(=O)COc2ccc(Br)cc2)cc1. The fourth-order valence-corrected chi connectivity index (χ4v) is 4.38. The van der Waals surface area contributed by atoms with Gasteiger partial charge in [-0.25, -0.2) is 8.42 Å². The normalized spacial score (nSPS) is 11.2. The fraction of sp³-hybridized carbons (Fsp3) is 0.263. The number of carbonyl (C=O) groups is 1. The van der Waals surface area contributed by atoms with Crippen LogP contribution in [-0.2, 0) is 14.8 Å². The zero-order valence-electron chi connectivity index (χ0n) is 16.0. The monoisotopic (exact) mass is 499 g/mol. The van der Waals surface area contributed by atoms with E-state index in [4.69, 9.17) is 17.0 Å². The molecular formula is C19H22BrN3O4S2. The summed E-state index contributed by atoms with van der Waals surface area (Å²) in [5.41, 5.74) is 0.558. The van der Waals surface area contributed by atoms with Gasteiger partial charge in [-0.15, -0.1) is 0 Å². The molecule has 1 amide bonds. The first-order valence-electron chi connectivity index (χ1n) is 8.85. The standard InChI is InChI=1S/C19H22BrN3O4S2/c1-3-23(4-2)29(25,26)17-11-7-15(8-12-17)21-19(28)22-18(24)13-27-16-9-5-14(20)6-10-16/h5-12H,3-4,13H2,1-2H3,(H2,21,22,24,28). The van der Waals surface area contributed by atoms with Crippen LogP contribution in [0.4, 0.5) is 5.69 Å². The minimum absolute atomic E-state index is 0.0914. The number of benzene rings is 2. The van der Waals surface area contributed by atoms with E-state index in [0.29, 0.717) is 24.5 Å². The molecule has 156 valence electrons. The van der Waals surface area contributed by atoms with Gasteiger partial charge in [-0.1, -0.05) is 29.8 Å². The summed E-state index contributed by atoms with van der Waals surface area (Å²) in [6.07, 6.45) is 0. The van der Waals surface area contributed by atoms with Gasteiger partial charge in [0.2, 0.25) is 10.0 Å². The van der Waals surface area contributed by atoms with E-state index in [1.807, 2.05) is 12.1 Å². The highest BCUT2D eigenvalue weighted by atomic mass is 79.9. The maximum atomic E-state index is 12.5. The summed E-state index contributed by atoms with van der Waals surface area (Å²) < 4.78 is 32.6. The molecule has 0 saturated carbocycles. The molecule has 10 heteroatoms. The van der Waals surface area contributed by atoms with E-state index < -0.39 is 15.9 Å². The van der Waals surface area contributed by atoms with Crippen molar-refractivity contribution < 1.29 is 17.9 Å². The Morgan fingerprint density at radius 3 is 2.21 bits per heavy atom. The summed E-state index contributed by atoms with van der Waals surface area (Å²) in [6, 6.07) is 13.3. The van der Waals surface area contributed by atoms with Crippen LogP contribution in [0.3, 0.4) is 0 Å². The Morgan fingerprint density at radius 1 is 1.07 bits per heavy atom. The number of anilines is 1. The number of thiocarbonyl (C=S) groups is 1. The van der Waals surface area contributed by atoms with Gasteiger partial charge in [-0.3, -0.25) is 10.1 Å². The van der Waals surface area contributed by atoms with Crippen molar-refractivity contribution >= 4 is 54.9 Å². The molecule has 2 aromatic carbocycles. The molecular weight excluding hydrogens is 478 g/mol. The molecule has 0 unspecified atom stereocenters. The molecule has 0 spiro atoms. The third kappa shape index (κ3) is 6.77. The minimum Gasteiger partial charge on any atom is -0.484 e. The Balaban J connectivity index is 1.88. The first-order valence-corrected chi connectivity index (χ1v) is 11.5. The average molecular weight is 500 g/mol. The lowest BCUT2D eigenvalue weighted by Gasteiger charge is -2.18. The number of nitrogens with one attached hydrogen (secondary N) is 2. The first-order chi connectivity index (χ1) is 13.8. The average Bonchev–Trinajstić information content (AvgIpc) is 2.68. The van der Waals surface area contributed by atoms with Crippen molar-refractivity contribution in [3.8, 4) is 5.75 Å². The fourth-order valence-electron chi connectivity index (χ4n) is 2.43. The molecule has 0 radical (unpaired) electrons. The van der Waals surface area contributed by atoms with E-state index in [0.717, 1.165) is 4.47 Å². The highest BCUT2D eigenvalue weighted by molar-refractivity contribution is 9.10. The summed E-state index contributed by atoms with van der Waals surface area (Å²) in [7, 11) is -3.52. The smallest absolute Gasteiger partial charge is 0.264 e. The van der Waals surface area contributed by atoms with Crippen LogP contribution in [0.2, 0.25) is 0 Å². The maximum Gasteiger partial charge on any atom is 0.264 e. The molecule has 0 aromatic heterocycles. The largest absolute Gasteiger partial charge is 0.484 e. The Kier molecular flexibility index (Phi) is 8.57. The van der Waals surface area contributed by atoms with Crippen molar-refractivity contribution in [3.63, 3.8) is 0 Å². The number of carbonyl (C=O) groups excluding carboxylic acids is 1. The molecule has 0 bridgehead atoms. The Labute approximate surface area is 184 Å². The van der Waals surface area contributed by atoms with Crippen LogP contribution in [0.25, 0.3) is 0 Å². The van der Waals surface area contributed by atoms with Crippen molar-refractivity contribution in [1.82, 2.24) is 9.62 Å². The number of rotatable bonds is 8. The number of hydrogen-bond donors (Lipinski definition) is 2. The van der Waals surface area contributed by atoms with Gasteiger partial charge in [0.1, 0.15) is 5.75 Å². The maximum absolute atomic E-state index is 12.5. The van der Waals surface area contributed by atoms with Crippen LogP contribution in [-0.4, -0.2) is 43.4 Å². The van der Waals surface area contributed by atoms with E-state index in [-0.39, 0.29) is 16.6 Å². The second-order valence-corrected chi connectivity index (χ2v) is 9.12. The molecule has 2 aromatic rings. The molecule has 0 saturated heterocycles. The Hall–Kier alpha value is -2.01. The quantitative estimate of drug-likeness (QED) is 0.541. The summed E-state index contributed by atoms with van der Waals surface area (Å²) >= 11 is 8.44. The molecule has 7 nitrogen and oxygen atoms in total. The highest BCUT2D eigenvalue weighted by Crippen LogP contribution is 2.18. The predicted molar refractivity (Wildman–Crippen MR) is 121 cm³/mol. The Morgan fingerprint density at radius 2 is 1.66 bits per heavy atom. The number of hydrogen-bond acceptors (Lipinski definition) is 5. The summed E-state index contributed by atoms with van der Waals surface area (Å²) in [5, 5.41) is 5.45. The number of ether oxygens (including phenoxy) is 1. The van der Waals surface area contributed by atoms with Gasteiger partial charge in [0.15, 0.2) is 11.7 Å². The van der Waals surface area contributed by atoms with Crippen LogP contribution in [0, 0.1) is 0 Å². The van der Waals surface area contributed by atoms with E-state index in [1.54, 1.807) is 38.1 Å². The summed E-state index contributed by atoms with van der Waals surface area (Å²) in [4.78, 5) is 12.2. The third-order valence-corrected chi connectivity index (χ3v) is 6.69. The lowest BCUT2D eigenvalue weighted by atomic mass is 10.3. The Bertz CT molecular complexity index is 944. The van der Waals surface area contributed by atoms with Gasteiger partial charge in [0.25, 0.3) is 5.91 Å². The number of halogens is 1. The summed E-state index contributed by atoms with van der Waals surface area (Å²) in [5.74, 6) is 0.151. The lowest BCUT2D eigenvalue weighted by Crippen LogP contribution is -2.37. The van der Waals surface area contributed by atoms with Crippen LogP contribution < -0.4 is 15.4 Å². The van der Waals surface area contributed by atoms with Crippen LogP contribution in [0.1, 0.15) is 13.8 Å². The topological polar surface area (TPSA) is 87.7 Å². The zero-order chi connectivity index (χ0) is 21.4. The number of nitrogens with zero attached hydrogens (tertiary/aromatic N) is 1. The second kappa shape index (κ2) is 10.7. The first kappa shape index (κ1) is 23.3. The van der Waals surface area contributed by atoms with E-state index in [9.17, 15) is 13.2 Å². The van der Waals surface area contributed by atoms with Crippen LogP contribution in [0.15, 0.2) is 57.9 Å². The molecule has 0 aliphatic carbocycles. The number of amides is 1. The molecule has 0 heterocycles. The van der Waals surface area contributed by atoms with Crippen molar-refractivity contribution in [3.05, 3.63) is 53.0 Å². The van der Waals surface area contributed by atoms with Gasteiger partial charge in [0, 0.05) is 23.2 Å². The molecule has 0 atom stereocenters. The van der Waals surface area contributed by atoms with Gasteiger partial charge >= 0.3 is 0 Å². The van der Waals surface area contributed by atoms with Crippen molar-refractivity contribution in [1.29, 1.82) is 0 Å². The minimum atomic E-state index is -3.52. The second-order valence-electron chi connectivity index (χ2n) is 5.86. The highest BCUT2D eigenvalue weighted by Gasteiger charge is 2.21. The van der Waals surface area contributed by atoms with Crippen molar-refractivity contribution in [2.24, 2.45) is 0 Å². The van der Waals surface area contributed by atoms with Gasteiger partial charge in [-0.05, 0) is 60.7 Å². The molecule has 0 fully saturated rings. The lowest BCUT2D eigenvalue weighted by molar-refractivity contribution is -0.121. The number of sulfonamides is 1. The third-order valence-electron chi connectivity index (χ3n) is 3.89. The van der Waals surface area contributed by atoms with Gasteiger partial charge in [0.05, 0.1) is 4.90 Å². The van der Waals surface area contributed by atoms with Crippen LogP contribution in [0.5, 0.6) is 5.75 Å². The van der Waals surface area contributed by atoms with E-state index >= 15 is 0 Å². The van der Waals surface area contributed by atoms with E-state index in [2.05, 4.69) is 26.6 Å². The molecule has 2 N–H and O–H groups in total. The molecule has 29 heavy (non-hydrogen) atoms. The van der Waals surface area contributed by atoms with Gasteiger partial charge in [-0.2, -0.15) is 4.31 Å². The van der Waals surface area contributed by atoms with Crippen molar-refractivity contribution in [2.45, 2.75) is 18.7 Å². The molecule has 2 rings (SSSR count). The molecule has 0 aliphatic heterocycles. The zero-order valence-corrected chi connectivity index (χ0v) is 19.2. The summed E-state index contributed by atoms with van der Waals surface area (Å²) in [6.45, 7) is 4.19. The van der Waals surface area contributed by atoms with E-state index in [1.165, 1.54) is 16.4 Å². The molecule has 0 aliphatic rings. The van der Waals surface area contributed by atoms with Crippen molar-refractivity contribution in [2.75, 3.05) is 25.0 Å². The van der Waals surface area contributed by atoms with Gasteiger partial charge < -0.3 is 10.1 Å². The van der Waals surface area contributed by atoms with Crippen LogP contribution >= 0.6 is 28.1 Å².